The number of rotatable bonds is 5. The molecule has 2 heterocycles. The number of piperazine rings is 1. The number of likely N-dealkylation sites (tertiary alicyclic amines) is 1. The number of hydroxylamine groups is 1. The summed E-state index contributed by atoms with van der Waals surface area (Å²) in [5.74, 6) is -2.24. The number of carbonyl (C=O) groups is 4. The monoisotopic (exact) mass is 501 g/mol. The summed E-state index contributed by atoms with van der Waals surface area (Å²) in [6, 6.07) is 9.94. The molecule has 1 aromatic carbocycles. The summed E-state index contributed by atoms with van der Waals surface area (Å²) in [6.45, 7) is 4.82. The van der Waals surface area contributed by atoms with Crippen molar-refractivity contribution >= 4 is 29.5 Å². The summed E-state index contributed by atoms with van der Waals surface area (Å²) >= 11 is 0. The standard InChI is InChI=1S/C25H35N5O6/c1-17(31)26-18-9-10-30(16-18)25(34)36-20-7-8-21(22(15-20)23(32)27-35)24(33)29-13-11-28(12-14-29)19-5-3-2-4-6-19/h2-6,18,20-22,35H,7-16H2,1H3,(H,26,31)(H,27,32)/t18-,20-,21+,22?/m1/s1. The average Bonchev–Trinajstić information content (AvgIpc) is 3.36. The smallest absolute Gasteiger partial charge is 0.410 e. The number of hydrogen-bond donors (Lipinski definition) is 3. The van der Waals surface area contributed by atoms with E-state index in [1.165, 1.54) is 6.92 Å². The molecular weight excluding hydrogens is 466 g/mol. The third-order valence-electron chi connectivity index (χ3n) is 7.40. The molecule has 4 amide bonds. The fourth-order valence-electron chi connectivity index (χ4n) is 5.51. The largest absolute Gasteiger partial charge is 0.446 e. The van der Waals surface area contributed by atoms with Crippen molar-refractivity contribution in [2.75, 3.05) is 44.2 Å². The third-order valence-corrected chi connectivity index (χ3v) is 7.40. The zero-order valence-electron chi connectivity index (χ0n) is 20.6. The van der Waals surface area contributed by atoms with Crippen LogP contribution in [-0.2, 0) is 19.1 Å². The fourth-order valence-corrected chi connectivity index (χ4v) is 5.51. The fraction of sp³-hybridized carbons (Fsp3) is 0.600. The van der Waals surface area contributed by atoms with Crippen molar-refractivity contribution < 1.29 is 29.1 Å². The molecule has 0 radical (unpaired) electrons. The number of anilines is 1. The minimum atomic E-state index is -0.785. The lowest BCUT2D eigenvalue weighted by Crippen LogP contribution is -2.53. The molecule has 0 bridgehead atoms. The summed E-state index contributed by atoms with van der Waals surface area (Å²) in [5.41, 5.74) is 2.81. The molecule has 4 atom stereocenters. The highest BCUT2D eigenvalue weighted by Crippen LogP contribution is 2.34. The van der Waals surface area contributed by atoms with Gasteiger partial charge in [0.2, 0.25) is 17.7 Å². The van der Waals surface area contributed by atoms with E-state index < -0.39 is 29.9 Å². The van der Waals surface area contributed by atoms with Crippen LogP contribution in [0.25, 0.3) is 0 Å². The first-order chi connectivity index (χ1) is 17.4. The normalized spacial score (nSPS) is 26.3. The Morgan fingerprint density at radius 2 is 1.64 bits per heavy atom. The second-order valence-electron chi connectivity index (χ2n) is 9.79. The quantitative estimate of drug-likeness (QED) is 0.405. The van der Waals surface area contributed by atoms with Gasteiger partial charge < -0.3 is 24.8 Å². The van der Waals surface area contributed by atoms with Crippen LogP contribution in [-0.4, -0.2) is 90.2 Å². The minimum absolute atomic E-state index is 0.0984. The Kier molecular flexibility index (Phi) is 8.29. The summed E-state index contributed by atoms with van der Waals surface area (Å²) in [4.78, 5) is 55.4. The molecule has 36 heavy (non-hydrogen) atoms. The predicted octanol–water partition coefficient (Wildman–Crippen LogP) is 0.973. The van der Waals surface area contributed by atoms with Crippen LogP contribution in [0, 0.1) is 11.8 Å². The zero-order valence-corrected chi connectivity index (χ0v) is 20.6. The van der Waals surface area contributed by atoms with E-state index in [0.29, 0.717) is 58.5 Å². The molecule has 4 rings (SSSR count). The first kappa shape index (κ1) is 25.7. The lowest BCUT2D eigenvalue weighted by molar-refractivity contribution is -0.149. The van der Waals surface area contributed by atoms with Crippen LogP contribution < -0.4 is 15.7 Å². The maximum atomic E-state index is 13.4. The lowest BCUT2D eigenvalue weighted by Gasteiger charge is -2.40. The molecule has 1 aliphatic carbocycles. The molecule has 3 fully saturated rings. The number of amides is 4. The van der Waals surface area contributed by atoms with Gasteiger partial charge in [-0.25, -0.2) is 10.3 Å². The van der Waals surface area contributed by atoms with E-state index in [-0.39, 0.29) is 24.3 Å². The van der Waals surface area contributed by atoms with Gasteiger partial charge >= 0.3 is 6.09 Å². The molecule has 3 aliphatic rings. The van der Waals surface area contributed by atoms with Crippen LogP contribution in [0.4, 0.5) is 10.5 Å². The maximum absolute atomic E-state index is 13.4. The van der Waals surface area contributed by atoms with Gasteiger partial charge in [-0.1, -0.05) is 18.2 Å². The summed E-state index contributed by atoms with van der Waals surface area (Å²) in [7, 11) is 0. The van der Waals surface area contributed by atoms with Crippen LogP contribution in [0.5, 0.6) is 0 Å². The van der Waals surface area contributed by atoms with Crippen LogP contribution >= 0.6 is 0 Å². The van der Waals surface area contributed by atoms with Crippen molar-refractivity contribution in [3.05, 3.63) is 30.3 Å². The number of benzene rings is 1. The van der Waals surface area contributed by atoms with Gasteiger partial charge in [-0.3, -0.25) is 19.6 Å². The lowest BCUT2D eigenvalue weighted by atomic mass is 9.76. The Bertz CT molecular complexity index is 952. The first-order valence-electron chi connectivity index (χ1n) is 12.6. The maximum Gasteiger partial charge on any atom is 0.410 e. The second-order valence-corrected chi connectivity index (χ2v) is 9.79. The highest BCUT2D eigenvalue weighted by Gasteiger charge is 2.43. The Labute approximate surface area is 210 Å². The van der Waals surface area contributed by atoms with Gasteiger partial charge in [0, 0.05) is 57.9 Å². The topological polar surface area (TPSA) is 132 Å². The van der Waals surface area contributed by atoms with Crippen LogP contribution in [0.1, 0.15) is 32.6 Å². The van der Waals surface area contributed by atoms with Gasteiger partial charge in [0.1, 0.15) is 6.10 Å². The van der Waals surface area contributed by atoms with E-state index >= 15 is 0 Å². The Morgan fingerprint density at radius 3 is 2.31 bits per heavy atom. The van der Waals surface area contributed by atoms with Gasteiger partial charge in [0.15, 0.2) is 0 Å². The molecule has 2 aliphatic heterocycles. The predicted molar refractivity (Wildman–Crippen MR) is 130 cm³/mol. The highest BCUT2D eigenvalue weighted by molar-refractivity contribution is 5.87. The van der Waals surface area contributed by atoms with Gasteiger partial charge in [-0.05, 0) is 37.8 Å². The van der Waals surface area contributed by atoms with Crippen molar-refractivity contribution in [3.8, 4) is 0 Å². The number of nitrogens with zero attached hydrogens (tertiary/aromatic N) is 3. The molecule has 0 aromatic heterocycles. The van der Waals surface area contributed by atoms with E-state index in [4.69, 9.17) is 4.74 Å². The first-order valence-corrected chi connectivity index (χ1v) is 12.6. The van der Waals surface area contributed by atoms with Crippen LogP contribution in [0.2, 0.25) is 0 Å². The second kappa shape index (κ2) is 11.6. The van der Waals surface area contributed by atoms with Crippen molar-refractivity contribution in [2.24, 2.45) is 11.8 Å². The molecule has 11 heteroatoms. The number of ether oxygens (including phenoxy) is 1. The average molecular weight is 502 g/mol. The molecular formula is C25H35N5O6. The molecule has 1 unspecified atom stereocenters. The van der Waals surface area contributed by atoms with Crippen molar-refractivity contribution in [1.29, 1.82) is 0 Å². The highest BCUT2D eigenvalue weighted by atomic mass is 16.6. The van der Waals surface area contributed by atoms with Gasteiger partial charge in [0.05, 0.1) is 11.8 Å². The number of para-hydroxylation sites is 1. The van der Waals surface area contributed by atoms with Crippen molar-refractivity contribution in [3.63, 3.8) is 0 Å². The number of nitrogens with one attached hydrogen (secondary N) is 2. The summed E-state index contributed by atoms with van der Waals surface area (Å²) in [5, 5.41) is 12.1. The third kappa shape index (κ3) is 6.07. The van der Waals surface area contributed by atoms with Crippen LogP contribution in [0.3, 0.4) is 0 Å². The summed E-state index contributed by atoms with van der Waals surface area (Å²) in [6.07, 6.45) is 0.660. The van der Waals surface area contributed by atoms with E-state index in [1.807, 2.05) is 30.3 Å². The molecule has 1 saturated carbocycles. The summed E-state index contributed by atoms with van der Waals surface area (Å²) < 4.78 is 5.67. The minimum Gasteiger partial charge on any atom is -0.446 e. The molecule has 1 aromatic rings. The number of carbonyl (C=O) groups excluding carboxylic acids is 4. The SMILES string of the molecule is CC(=O)N[C@@H]1CCN(C(=O)O[C@@H]2CC[C@H](C(=O)N3CCN(c4ccccc4)CC3)C(C(=O)NO)C2)C1. The number of hydrogen-bond acceptors (Lipinski definition) is 7. The zero-order chi connectivity index (χ0) is 25.7. The van der Waals surface area contributed by atoms with Crippen molar-refractivity contribution in [2.45, 2.75) is 44.8 Å². The van der Waals surface area contributed by atoms with E-state index in [0.717, 1.165) is 5.69 Å². The Morgan fingerprint density at radius 1 is 0.917 bits per heavy atom. The van der Waals surface area contributed by atoms with Crippen LogP contribution in [0.15, 0.2) is 30.3 Å². The van der Waals surface area contributed by atoms with E-state index in [1.54, 1.807) is 15.3 Å². The van der Waals surface area contributed by atoms with Gasteiger partial charge in [0.25, 0.3) is 0 Å². The van der Waals surface area contributed by atoms with Gasteiger partial charge in [-0.2, -0.15) is 0 Å². The van der Waals surface area contributed by atoms with E-state index in [9.17, 15) is 24.4 Å². The van der Waals surface area contributed by atoms with E-state index in [2.05, 4.69) is 10.2 Å². The molecule has 2 saturated heterocycles. The Hall–Kier alpha value is -3.34. The molecule has 11 nitrogen and oxygen atoms in total. The van der Waals surface area contributed by atoms with Crippen molar-refractivity contribution in [1.82, 2.24) is 20.6 Å². The molecule has 3 N–H and O–H groups in total. The van der Waals surface area contributed by atoms with Gasteiger partial charge in [-0.15, -0.1) is 0 Å². The molecule has 196 valence electrons. The Balaban J connectivity index is 1.32. The molecule has 0 spiro atoms.